The van der Waals surface area contributed by atoms with Crippen LogP contribution >= 0.6 is 0 Å². The third-order valence-corrected chi connectivity index (χ3v) is 10.9. The number of phenolic OH excluding ortho intramolecular Hbond substituents is 1. The van der Waals surface area contributed by atoms with Crippen LogP contribution in [0.4, 0.5) is 0 Å². The predicted molar refractivity (Wildman–Crippen MR) is 158 cm³/mol. The highest BCUT2D eigenvalue weighted by molar-refractivity contribution is 6.29. The van der Waals surface area contributed by atoms with E-state index in [2.05, 4.69) is 6.92 Å². The van der Waals surface area contributed by atoms with Crippen molar-refractivity contribution in [2.45, 2.75) is 105 Å². The summed E-state index contributed by atoms with van der Waals surface area (Å²) in [4.78, 5) is 40.9. The first-order valence-corrected chi connectivity index (χ1v) is 15.7. The molecule has 5 atom stereocenters. The molecule has 4 aliphatic carbocycles. The molecule has 0 heterocycles. The predicted octanol–water partition coefficient (Wildman–Crippen LogP) is 7.37. The van der Waals surface area contributed by atoms with Gasteiger partial charge in [-0.15, -0.1) is 0 Å². The minimum Gasteiger partial charge on any atom is -0.511 e. The van der Waals surface area contributed by atoms with Crippen molar-refractivity contribution in [3.63, 3.8) is 0 Å². The van der Waals surface area contributed by atoms with Crippen LogP contribution in [0.5, 0.6) is 5.75 Å². The summed E-state index contributed by atoms with van der Waals surface area (Å²) in [6.07, 6.45) is 10.7. The molecule has 0 radical (unpaired) electrons. The molecule has 2 fully saturated rings. The number of fused-ring (bicyclic) bond motifs is 3. The highest BCUT2D eigenvalue weighted by Gasteiger charge is 2.64. The minimum atomic E-state index is -1.18. The Morgan fingerprint density at radius 2 is 1.68 bits per heavy atom. The molecular formula is C35H46O6. The summed E-state index contributed by atoms with van der Waals surface area (Å²) < 4.78 is 0. The summed E-state index contributed by atoms with van der Waals surface area (Å²) in [6, 6.07) is 3.59. The molecule has 0 bridgehead atoms. The zero-order valence-corrected chi connectivity index (χ0v) is 25.3. The van der Waals surface area contributed by atoms with Crippen LogP contribution in [0.3, 0.4) is 0 Å². The highest BCUT2D eigenvalue weighted by atomic mass is 16.3. The van der Waals surface area contributed by atoms with E-state index in [-0.39, 0.29) is 34.3 Å². The van der Waals surface area contributed by atoms with Crippen LogP contribution in [0.25, 0.3) is 5.76 Å². The van der Waals surface area contributed by atoms with Crippen molar-refractivity contribution in [2.24, 2.45) is 34.5 Å². The van der Waals surface area contributed by atoms with Crippen molar-refractivity contribution in [1.29, 1.82) is 0 Å². The van der Waals surface area contributed by atoms with Crippen molar-refractivity contribution < 1.29 is 29.7 Å². The van der Waals surface area contributed by atoms with Crippen LogP contribution in [0.1, 0.15) is 109 Å². The highest BCUT2D eigenvalue weighted by Crippen LogP contribution is 2.63. The molecule has 41 heavy (non-hydrogen) atoms. The van der Waals surface area contributed by atoms with Gasteiger partial charge in [0, 0.05) is 16.9 Å². The number of hydrogen-bond donors (Lipinski definition) is 3. The van der Waals surface area contributed by atoms with E-state index in [1.54, 1.807) is 6.07 Å². The number of aliphatic hydroxyl groups excluding tert-OH is 2. The third-order valence-electron chi connectivity index (χ3n) is 10.9. The molecule has 4 aliphatic rings. The molecule has 222 valence electrons. The number of aliphatic hydroxyl groups is 2. The Labute approximate surface area is 243 Å². The van der Waals surface area contributed by atoms with Gasteiger partial charge in [0.2, 0.25) is 0 Å². The first-order chi connectivity index (χ1) is 19.4. The lowest BCUT2D eigenvalue weighted by atomic mass is 9.45. The smallest absolute Gasteiger partial charge is 0.181 e. The quantitative estimate of drug-likeness (QED) is 0.190. The lowest BCUT2D eigenvalue weighted by molar-refractivity contribution is -0.146. The molecule has 0 aliphatic heterocycles. The second-order valence-electron chi connectivity index (χ2n) is 14.0. The summed E-state index contributed by atoms with van der Waals surface area (Å²) in [5.74, 6) is -3.39. The van der Waals surface area contributed by atoms with E-state index in [1.807, 2.05) is 26.8 Å². The molecule has 1 aromatic carbocycles. The summed E-state index contributed by atoms with van der Waals surface area (Å²) in [5.41, 5.74) is 0.469. The molecule has 6 nitrogen and oxygen atoms in total. The summed E-state index contributed by atoms with van der Waals surface area (Å²) >= 11 is 0. The first kappa shape index (κ1) is 29.6. The number of benzene rings is 1. The monoisotopic (exact) mass is 562 g/mol. The van der Waals surface area contributed by atoms with E-state index in [9.17, 15) is 29.7 Å². The van der Waals surface area contributed by atoms with Gasteiger partial charge in [0.1, 0.15) is 17.3 Å². The Balaban J connectivity index is 1.66. The van der Waals surface area contributed by atoms with Crippen LogP contribution in [-0.2, 0) is 27.2 Å². The van der Waals surface area contributed by atoms with Crippen molar-refractivity contribution >= 4 is 23.1 Å². The Kier molecular flexibility index (Phi) is 7.76. The molecular weight excluding hydrogens is 516 g/mol. The zero-order valence-electron chi connectivity index (χ0n) is 25.3. The molecule has 0 saturated heterocycles. The van der Waals surface area contributed by atoms with Gasteiger partial charge in [0.05, 0.1) is 17.1 Å². The lowest BCUT2D eigenvalue weighted by Crippen LogP contribution is -2.59. The average molecular weight is 563 g/mol. The fourth-order valence-electron chi connectivity index (χ4n) is 9.40. The largest absolute Gasteiger partial charge is 0.511 e. The summed E-state index contributed by atoms with van der Waals surface area (Å²) in [7, 11) is 0. The fraction of sp³-hybridized carbons (Fsp3) is 0.629. The van der Waals surface area contributed by atoms with Crippen molar-refractivity contribution in [2.75, 3.05) is 0 Å². The van der Waals surface area contributed by atoms with Gasteiger partial charge in [-0.2, -0.15) is 0 Å². The number of ketones is 3. The summed E-state index contributed by atoms with van der Waals surface area (Å²) in [6.45, 7) is 9.24. The topological polar surface area (TPSA) is 112 Å². The SMILES string of the molecule is CCCC(C)[C@@H]1C(O)=C(C(C)=O)C(=O)C2C(=O)C3=C(O)c4c(O)ccc(CC5CCCCCC5)c4CC3(C)CC21C. The number of carbonyl (C=O) groups is 3. The van der Waals surface area contributed by atoms with Gasteiger partial charge in [-0.3, -0.25) is 14.4 Å². The Hall–Kier alpha value is -2.89. The first-order valence-electron chi connectivity index (χ1n) is 15.7. The number of Topliss-reactive ketones (excluding diaryl/α,β-unsaturated/α-hetero) is 3. The second kappa shape index (κ2) is 10.7. The van der Waals surface area contributed by atoms with E-state index in [0.29, 0.717) is 24.3 Å². The minimum absolute atomic E-state index is 0.0591. The van der Waals surface area contributed by atoms with Gasteiger partial charge in [-0.1, -0.05) is 85.1 Å². The standard InChI is InChI=1S/C35H46O6/c1-6-11-19(2)27-30(38)25(20(3)36)31(39)29-33(41)28-32(40)26-23(17-34(28,4)18-35(27,29)5)22(14-15-24(26)37)16-21-12-9-7-8-10-13-21/h14-15,19,21,27,29,37-38,40H,6-13,16-18H2,1-5H3/t19?,27-,29?,34?,35?/m1/s1. The molecule has 0 amide bonds. The van der Waals surface area contributed by atoms with E-state index < -0.39 is 40.0 Å². The molecule has 4 unspecified atom stereocenters. The van der Waals surface area contributed by atoms with E-state index in [1.165, 1.54) is 45.4 Å². The molecule has 5 rings (SSSR count). The van der Waals surface area contributed by atoms with Gasteiger partial charge in [-0.25, -0.2) is 0 Å². The maximum Gasteiger partial charge on any atom is 0.181 e. The number of allylic oxidation sites excluding steroid dienone is 3. The maximum atomic E-state index is 14.5. The zero-order chi connectivity index (χ0) is 29.9. The van der Waals surface area contributed by atoms with Gasteiger partial charge >= 0.3 is 0 Å². The lowest BCUT2D eigenvalue weighted by Gasteiger charge is -2.56. The summed E-state index contributed by atoms with van der Waals surface area (Å²) in [5, 5.41) is 34.2. The molecule has 0 spiro atoms. The second-order valence-corrected chi connectivity index (χ2v) is 14.0. The molecule has 0 aromatic heterocycles. The number of rotatable bonds is 6. The average Bonchev–Trinajstić information content (AvgIpc) is 3.13. The van der Waals surface area contributed by atoms with E-state index in [0.717, 1.165) is 30.4 Å². The normalized spacial score (nSPS) is 31.3. The van der Waals surface area contributed by atoms with Crippen LogP contribution in [-0.4, -0.2) is 32.7 Å². The van der Waals surface area contributed by atoms with Crippen molar-refractivity contribution in [1.82, 2.24) is 0 Å². The Morgan fingerprint density at radius 1 is 1.02 bits per heavy atom. The number of aromatic hydroxyl groups is 1. The van der Waals surface area contributed by atoms with Crippen LogP contribution < -0.4 is 0 Å². The Morgan fingerprint density at radius 3 is 2.29 bits per heavy atom. The van der Waals surface area contributed by atoms with Crippen LogP contribution in [0.2, 0.25) is 0 Å². The number of hydrogen-bond acceptors (Lipinski definition) is 6. The van der Waals surface area contributed by atoms with Gasteiger partial charge < -0.3 is 15.3 Å². The van der Waals surface area contributed by atoms with Gasteiger partial charge in [0.15, 0.2) is 17.3 Å². The van der Waals surface area contributed by atoms with Gasteiger partial charge in [0.25, 0.3) is 0 Å². The fourth-order valence-corrected chi connectivity index (χ4v) is 9.40. The van der Waals surface area contributed by atoms with E-state index >= 15 is 0 Å². The number of phenols is 1. The van der Waals surface area contributed by atoms with Crippen LogP contribution in [0.15, 0.2) is 29.0 Å². The molecule has 3 N–H and O–H groups in total. The van der Waals surface area contributed by atoms with E-state index in [4.69, 9.17) is 0 Å². The number of carbonyl (C=O) groups excluding carboxylic acids is 3. The van der Waals surface area contributed by atoms with Crippen molar-refractivity contribution in [3.8, 4) is 5.75 Å². The molecule has 2 saturated carbocycles. The molecule has 6 heteroatoms. The van der Waals surface area contributed by atoms with Crippen molar-refractivity contribution in [3.05, 3.63) is 45.7 Å². The third kappa shape index (κ3) is 4.66. The molecule has 1 aromatic rings. The van der Waals surface area contributed by atoms with Gasteiger partial charge in [-0.05, 0) is 60.6 Å². The maximum absolute atomic E-state index is 14.5. The van der Waals surface area contributed by atoms with Crippen LogP contribution in [0, 0.1) is 34.5 Å². The Bertz CT molecular complexity index is 1340.